The summed E-state index contributed by atoms with van der Waals surface area (Å²) in [5, 5.41) is 0. The summed E-state index contributed by atoms with van der Waals surface area (Å²) in [4.78, 5) is 27.2. The van der Waals surface area contributed by atoms with Crippen molar-refractivity contribution in [3.05, 3.63) is 65.2 Å². The van der Waals surface area contributed by atoms with Gasteiger partial charge in [-0.25, -0.2) is 4.79 Å². The van der Waals surface area contributed by atoms with Crippen LogP contribution in [0.15, 0.2) is 48.5 Å². The Morgan fingerprint density at radius 1 is 1.11 bits per heavy atom. The van der Waals surface area contributed by atoms with Gasteiger partial charge in [0.25, 0.3) is 5.91 Å². The second-order valence-electron chi connectivity index (χ2n) is 7.33. The van der Waals surface area contributed by atoms with Gasteiger partial charge in [0.15, 0.2) is 0 Å². The van der Waals surface area contributed by atoms with Crippen LogP contribution in [0.4, 0.5) is 0 Å². The van der Waals surface area contributed by atoms with E-state index in [1.54, 1.807) is 17.0 Å². The quantitative estimate of drug-likeness (QED) is 0.747. The van der Waals surface area contributed by atoms with Crippen molar-refractivity contribution in [3.8, 4) is 5.75 Å². The number of rotatable bonds is 5. The van der Waals surface area contributed by atoms with Crippen molar-refractivity contribution < 1.29 is 19.1 Å². The van der Waals surface area contributed by atoms with Crippen molar-refractivity contribution in [3.63, 3.8) is 0 Å². The molecular formula is C23H25NO4. The summed E-state index contributed by atoms with van der Waals surface area (Å²) in [6.07, 6.45) is 4.11. The van der Waals surface area contributed by atoms with Gasteiger partial charge in [-0.1, -0.05) is 30.3 Å². The summed E-state index contributed by atoms with van der Waals surface area (Å²) >= 11 is 0. The molecule has 0 bridgehead atoms. The van der Waals surface area contributed by atoms with E-state index < -0.39 is 6.04 Å². The zero-order chi connectivity index (χ0) is 19.3. The molecule has 1 amide bonds. The molecule has 4 rings (SSSR count). The van der Waals surface area contributed by atoms with Crippen molar-refractivity contribution in [2.24, 2.45) is 0 Å². The van der Waals surface area contributed by atoms with E-state index in [1.807, 2.05) is 30.3 Å². The van der Waals surface area contributed by atoms with Crippen molar-refractivity contribution in [2.75, 3.05) is 19.8 Å². The molecule has 0 aliphatic carbocycles. The number of likely N-dealkylation sites (tertiary alicyclic amines) is 1. The standard InChI is InChI=1S/C23H25NO4/c25-22(18-6-2-1-3-7-18)24-13-5-4-8-20(24)23(26)28-14-11-17-9-10-21-19(16-17)12-15-27-21/h1-3,6-7,9-10,16,20H,4-5,8,11-15H2. The molecule has 5 nitrogen and oxygen atoms in total. The van der Waals surface area contributed by atoms with E-state index in [9.17, 15) is 9.59 Å². The molecule has 2 aliphatic heterocycles. The Morgan fingerprint density at radius 3 is 2.82 bits per heavy atom. The molecule has 28 heavy (non-hydrogen) atoms. The fourth-order valence-corrected chi connectivity index (χ4v) is 3.93. The van der Waals surface area contributed by atoms with Gasteiger partial charge in [0.05, 0.1) is 13.2 Å². The highest BCUT2D eigenvalue weighted by atomic mass is 16.5. The highest BCUT2D eigenvalue weighted by Crippen LogP contribution is 2.26. The first-order chi connectivity index (χ1) is 13.7. The fraction of sp³-hybridized carbons (Fsp3) is 0.391. The number of piperidine rings is 1. The van der Waals surface area contributed by atoms with Crippen LogP contribution in [-0.4, -0.2) is 42.6 Å². The number of nitrogens with zero attached hydrogens (tertiary/aromatic N) is 1. The van der Waals surface area contributed by atoms with E-state index >= 15 is 0 Å². The molecule has 0 spiro atoms. The van der Waals surface area contributed by atoms with E-state index in [0.29, 0.717) is 31.6 Å². The third-order valence-corrected chi connectivity index (χ3v) is 5.45. The minimum atomic E-state index is -0.491. The first-order valence-corrected chi connectivity index (χ1v) is 9.99. The third-order valence-electron chi connectivity index (χ3n) is 5.45. The van der Waals surface area contributed by atoms with E-state index in [4.69, 9.17) is 9.47 Å². The lowest BCUT2D eigenvalue weighted by Crippen LogP contribution is -2.48. The molecule has 1 unspecified atom stereocenters. The van der Waals surface area contributed by atoms with Gasteiger partial charge in [0, 0.05) is 24.9 Å². The Bertz CT molecular complexity index is 849. The van der Waals surface area contributed by atoms with Gasteiger partial charge in [0.1, 0.15) is 11.8 Å². The van der Waals surface area contributed by atoms with Crippen molar-refractivity contribution in [1.82, 2.24) is 4.90 Å². The summed E-state index contributed by atoms with van der Waals surface area (Å²) in [5.74, 6) is 0.562. The van der Waals surface area contributed by atoms with Crippen LogP contribution in [0.25, 0.3) is 0 Å². The summed E-state index contributed by atoms with van der Waals surface area (Å²) in [7, 11) is 0. The number of carbonyl (C=O) groups excluding carboxylic acids is 2. The number of amides is 1. The lowest BCUT2D eigenvalue weighted by molar-refractivity contribution is -0.150. The van der Waals surface area contributed by atoms with Crippen molar-refractivity contribution in [1.29, 1.82) is 0 Å². The minimum Gasteiger partial charge on any atom is -0.493 e. The van der Waals surface area contributed by atoms with Crippen LogP contribution >= 0.6 is 0 Å². The van der Waals surface area contributed by atoms with E-state index in [-0.39, 0.29) is 11.9 Å². The minimum absolute atomic E-state index is 0.0964. The summed E-state index contributed by atoms with van der Waals surface area (Å²) < 4.78 is 11.1. The molecule has 1 atom stereocenters. The third kappa shape index (κ3) is 4.03. The van der Waals surface area contributed by atoms with Crippen molar-refractivity contribution in [2.45, 2.75) is 38.1 Å². The summed E-state index contributed by atoms with van der Waals surface area (Å²) in [6, 6.07) is 14.8. The van der Waals surface area contributed by atoms with Crippen LogP contribution < -0.4 is 4.74 Å². The molecule has 0 aromatic heterocycles. The zero-order valence-electron chi connectivity index (χ0n) is 15.9. The maximum absolute atomic E-state index is 12.8. The van der Waals surface area contributed by atoms with Crippen LogP contribution in [0.3, 0.4) is 0 Å². The number of fused-ring (bicyclic) bond motifs is 1. The molecule has 2 aliphatic rings. The number of hydrogen-bond donors (Lipinski definition) is 0. The Hall–Kier alpha value is -2.82. The number of carbonyl (C=O) groups is 2. The number of benzene rings is 2. The molecule has 5 heteroatoms. The van der Waals surface area contributed by atoms with E-state index in [0.717, 1.165) is 37.2 Å². The first-order valence-electron chi connectivity index (χ1n) is 9.99. The molecule has 146 valence electrons. The molecule has 2 aromatic rings. The van der Waals surface area contributed by atoms with E-state index in [1.165, 1.54) is 5.56 Å². The van der Waals surface area contributed by atoms with Crippen molar-refractivity contribution >= 4 is 11.9 Å². The van der Waals surface area contributed by atoms with Gasteiger partial charge in [-0.3, -0.25) is 4.79 Å². The summed E-state index contributed by atoms with van der Waals surface area (Å²) in [6.45, 7) is 1.65. The van der Waals surface area contributed by atoms with Crippen LogP contribution in [0.2, 0.25) is 0 Å². The van der Waals surface area contributed by atoms with Gasteiger partial charge in [-0.05, 0) is 48.6 Å². The monoisotopic (exact) mass is 379 g/mol. The predicted molar refractivity (Wildman–Crippen MR) is 105 cm³/mol. The Labute approximate surface area is 165 Å². The van der Waals surface area contributed by atoms with E-state index in [2.05, 4.69) is 6.07 Å². The highest BCUT2D eigenvalue weighted by Gasteiger charge is 2.33. The molecule has 0 N–H and O–H groups in total. The Morgan fingerprint density at radius 2 is 1.96 bits per heavy atom. The Kier molecular flexibility index (Phi) is 5.60. The van der Waals surface area contributed by atoms with Gasteiger partial charge in [0.2, 0.25) is 0 Å². The molecular weight excluding hydrogens is 354 g/mol. The predicted octanol–water partition coefficient (Wildman–Crippen LogP) is 3.40. The molecule has 2 heterocycles. The maximum Gasteiger partial charge on any atom is 0.328 e. The fourth-order valence-electron chi connectivity index (χ4n) is 3.93. The Balaban J connectivity index is 1.35. The highest BCUT2D eigenvalue weighted by molar-refractivity contribution is 5.96. The molecule has 1 fully saturated rings. The van der Waals surface area contributed by atoms with Crippen LogP contribution in [0, 0.1) is 0 Å². The number of ether oxygens (including phenoxy) is 2. The SMILES string of the molecule is O=C(OCCc1ccc2c(c1)CCO2)C1CCCCN1C(=O)c1ccccc1. The second kappa shape index (κ2) is 8.46. The van der Waals surface area contributed by atoms with Crippen LogP contribution in [0.5, 0.6) is 5.75 Å². The average molecular weight is 379 g/mol. The normalized spacial score (nSPS) is 18.3. The van der Waals surface area contributed by atoms with Gasteiger partial charge in [-0.15, -0.1) is 0 Å². The molecule has 0 radical (unpaired) electrons. The second-order valence-corrected chi connectivity index (χ2v) is 7.33. The number of esters is 1. The topological polar surface area (TPSA) is 55.8 Å². The largest absolute Gasteiger partial charge is 0.493 e. The number of hydrogen-bond acceptors (Lipinski definition) is 4. The average Bonchev–Trinajstić information content (AvgIpc) is 3.22. The van der Waals surface area contributed by atoms with Gasteiger partial charge in [-0.2, -0.15) is 0 Å². The molecule has 2 aromatic carbocycles. The van der Waals surface area contributed by atoms with Crippen LogP contribution in [-0.2, 0) is 22.4 Å². The van der Waals surface area contributed by atoms with Gasteiger partial charge >= 0.3 is 5.97 Å². The zero-order valence-corrected chi connectivity index (χ0v) is 15.9. The first kappa shape index (κ1) is 18.5. The van der Waals surface area contributed by atoms with Crippen LogP contribution in [0.1, 0.15) is 40.7 Å². The summed E-state index contributed by atoms with van der Waals surface area (Å²) in [5.41, 5.74) is 2.97. The maximum atomic E-state index is 12.8. The van der Waals surface area contributed by atoms with Gasteiger partial charge < -0.3 is 14.4 Å². The lowest BCUT2D eigenvalue weighted by Gasteiger charge is -2.34. The lowest BCUT2D eigenvalue weighted by atomic mass is 10.0. The smallest absolute Gasteiger partial charge is 0.328 e. The molecule has 0 saturated carbocycles. The molecule has 1 saturated heterocycles.